The van der Waals surface area contributed by atoms with Crippen LogP contribution in [0.1, 0.15) is 31.0 Å². The zero-order valence-corrected chi connectivity index (χ0v) is 10.0. The molecule has 0 aliphatic heterocycles. The first kappa shape index (κ1) is 12.7. The molecule has 0 saturated heterocycles. The molecule has 3 nitrogen and oxygen atoms in total. The van der Waals surface area contributed by atoms with Crippen LogP contribution in [0.5, 0.6) is 0 Å². The number of carbonyl (C=O) groups excluding carboxylic acids is 1. The number of carbonyl (C=O) groups is 1. The predicted molar refractivity (Wildman–Crippen MR) is 64.0 cm³/mol. The predicted octanol–water partition coefficient (Wildman–Crippen LogP) is 1.80. The minimum absolute atomic E-state index is 0.0395. The van der Waals surface area contributed by atoms with Gasteiger partial charge in [-0.1, -0.05) is 38.1 Å². The van der Waals surface area contributed by atoms with Crippen molar-refractivity contribution in [3.63, 3.8) is 0 Å². The monoisotopic (exact) mass is 221 g/mol. The Morgan fingerprint density at radius 1 is 1.38 bits per heavy atom. The highest BCUT2D eigenvalue weighted by molar-refractivity contribution is 5.78. The van der Waals surface area contributed by atoms with Gasteiger partial charge < -0.3 is 10.4 Å². The fourth-order valence-electron chi connectivity index (χ4n) is 1.54. The normalized spacial score (nSPS) is 12.6. The summed E-state index contributed by atoms with van der Waals surface area (Å²) in [7, 11) is 0. The van der Waals surface area contributed by atoms with E-state index in [0.29, 0.717) is 0 Å². The first-order valence-corrected chi connectivity index (χ1v) is 5.53. The van der Waals surface area contributed by atoms with Gasteiger partial charge in [-0.15, -0.1) is 0 Å². The summed E-state index contributed by atoms with van der Waals surface area (Å²) in [5, 5.41) is 12.2. The van der Waals surface area contributed by atoms with Crippen molar-refractivity contribution in [2.75, 3.05) is 6.61 Å². The Labute approximate surface area is 96.5 Å². The number of rotatable bonds is 4. The third-order valence-corrected chi connectivity index (χ3v) is 2.59. The van der Waals surface area contributed by atoms with E-state index in [-0.39, 0.29) is 24.5 Å². The second-order valence-corrected chi connectivity index (χ2v) is 4.26. The van der Waals surface area contributed by atoms with Gasteiger partial charge in [-0.3, -0.25) is 4.79 Å². The van der Waals surface area contributed by atoms with Crippen LogP contribution >= 0.6 is 0 Å². The lowest BCUT2D eigenvalue weighted by Crippen LogP contribution is -2.34. The summed E-state index contributed by atoms with van der Waals surface area (Å²) in [6.45, 7) is 5.56. The van der Waals surface area contributed by atoms with Crippen molar-refractivity contribution in [2.24, 2.45) is 5.92 Å². The lowest BCUT2D eigenvalue weighted by atomic mass is 10.0. The van der Waals surface area contributed by atoms with Crippen LogP contribution in [0.25, 0.3) is 0 Å². The molecule has 0 radical (unpaired) electrons. The molecule has 1 unspecified atom stereocenters. The highest BCUT2D eigenvalue weighted by Gasteiger charge is 2.16. The smallest absolute Gasteiger partial charge is 0.223 e. The van der Waals surface area contributed by atoms with Crippen molar-refractivity contribution in [1.29, 1.82) is 0 Å². The van der Waals surface area contributed by atoms with Gasteiger partial charge in [-0.25, -0.2) is 0 Å². The molecule has 3 heteroatoms. The maximum Gasteiger partial charge on any atom is 0.223 e. The molecule has 88 valence electrons. The largest absolute Gasteiger partial charge is 0.394 e. The van der Waals surface area contributed by atoms with Crippen molar-refractivity contribution < 1.29 is 9.90 Å². The standard InChI is InChI=1S/C13H19NO2/c1-9(2)13(16)14-12(8-15)11-7-5-4-6-10(11)3/h4-7,9,12,15H,8H2,1-3H3,(H,14,16). The molecule has 0 aliphatic rings. The van der Waals surface area contributed by atoms with Crippen LogP contribution in [0.15, 0.2) is 24.3 Å². The lowest BCUT2D eigenvalue weighted by molar-refractivity contribution is -0.125. The van der Waals surface area contributed by atoms with E-state index in [2.05, 4.69) is 5.32 Å². The maximum absolute atomic E-state index is 11.6. The zero-order valence-electron chi connectivity index (χ0n) is 10.0. The number of aryl methyl sites for hydroxylation is 1. The third-order valence-electron chi connectivity index (χ3n) is 2.59. The van der Waals surface area contributed by atoms with Crippen LogP contribution in [0.4, 0.5) is 0 Å². The van der Waals surface area contributed by atoms with Crippen molar-refractivity contribution in [3.8, 4) is 0 Å². The second kappa shape index (κ2) is 5.66. The SMILES string of the molecule is Cc1ccccc1C(CO)NC(=O)C(C)C. The van der Waals surface area contributed by atoms with Crippen LogP contribution in [0.3, 0.4) is 0 Å². The number of hydrogen-bond acceptors (Lipinski definition) is 2. The highest BCUT2D eigenvalue weighted by atomic mass is 16.3. The van der Waals surface area contributed by atoms with E-state index >= 15 is 0 Å². The number of hydrogen-bond donors (Lipinski definition) is 2. The first-order chi connectivity index (χ1) is 7.56. The summed E-state index contributed by atoms with van der Waals surface area (Å²) in [6.07, 6.45) is 0. The quantitative estimate of drug-likeness (QED) is 0.814. The minimum Gasteiger partial charge on any atom is -0.394 e. The Balaban J connectivity index is 2.83. The van der Waals surface area contributed by atoms with E-state index in [9.17, 15) is 9.90 Å². The Morgan fingerprint density at radius 2 is 2.00 bits per heavy atom. The summed E-state index contributed by atoms with van der Waals surface area (Å²) in [4.78, 5) is 11.6. The molecule has 0 bridgehead atoms. The summed E-state index contributed by atoms with van der Waals surface area (Å²) in [5.41, 5.74) is 2.05. The average molecular weight is 221 g/mol. The van der Waals surface area contributed by atoms with Gasteiger partial charge in [-0.2, -0.15) is 0 Å². The molecule has 0 saturated carbocycles. The van der Waals surface area contributed by atoms with Gasteiger partial charge in [0.05, 0.1) is 12.6 Å². The number of amides is 1. The number of nitrogens with one attached hydrogen (secondary N) is 1. The van der Waals surface area contributed by atoms with Crippen molar-refractivity contribution in [2.45, 2.75) is 26.8 Å². The molecule has 2 N–H and O–H groups in total. The van der Waals surface area contributed by atoms with E-state index in [1.807, 2.05) is 45.0 Å². The topological polar surface area (TPSA) is 49.3 Å². The molecule has 0 fully saturated rings. The molecule has 0 spiro atoms. The fourth-order valence-corrected chi connectivity index (χ4v) is 1.54. The molecule has 1 aromatic rings. The lowest BCUT2D eigenvalue weighted by Gasteiger charge is -2.19. The van der Waals surface area contributed by atoms with Crippen molar-refractivity contribution in [1.82, 2.24) is 5.32 Å². The molecule has 0 aliphatic carbocycles. The summed E-state index contributed by atoms with van der Waals surface area (Å²) in [6, 6.07) is 7.44. The molecule has 1 amide bonds. The van der Waals surface area contributed by atoms with Gasteiger partial charge in [0, 0.05) is 5.92 Å². The van der Waals surface area contributed by atoms with E-state index in [0.717, 1.165) is 11.1 Å². The molecule has 16 heavy (non-hydrogen) atoms. The van der Waals surface area contributed by atoms with E-state index < -0.39 is 0 Å². The van der Waals surface area contributed by atoms with E-state index in [1.54, 1.807) is 0 Å². The van der Waals surface area contributed by atoms with Gasteiger partial charge in [0.2, 0.25) is 5.91 Å². The van der Waals surface area contributed by atoms with Crippen LogP contribution in [-0.4, -0.2) is 17.6 Å². The van der Waals surface area contributed by atoms with Crippen LogP contribution in [-0.2, 0) is 4.79 Å². The van der Waals surface area contributed by atoms with Gasteiger partial charge in [0.1, 0.15) is 0 Å². The molecular weight excluding hydrogens is 202 g/mol. The van der Waals surface area contributed by atoms with Gasteiger partial charge in [0.25, 0.3) is 0 Å². The second-order valence-electron chi connectivity index (χ2n) is 4.26. The van der Waals surface area contributed by atoms with Crippen LogP contribution in [0, 0.1) is 12.8 Å². The summed E-state index contributed by atoms with van der Waals surface area (Å²) in [5.74, 6) is -0.111. The van der Waals surface area contributed by atoms with E-state index in [1.165, 1.54) is 0 Å². The van der Waals surface area contributed by atoms with Gasteiger partial charge in [-0.05, 0) is 18.1 Å². The molecule has 1 atom stereocenters. The molecule has 1 aromatic carbocycles. The maximum atomic E-state index is 11.6. The fraction of sp³-hybridized carbons (Fsp3) is 0.462. The minimum atomic E-state index is -0.309. The first-order valence-electron chi connectivity index (χ1n) is 5.53. The third kappa shape index (κ3) is 3.07. The number of benzene rings is 1. The average Bonchev–Trinajstić information content (AvgIpc) is 2.26. The van der Waals surface area contributed by atoms with Gasteiger partial charge >= 0.3 is 0 Å². The molecule has 0 heterocycles. The van der Waals surface area contributed by atoms with Crippen LogP contribution in [0.2, 0.25) is 0 Å². The van der Waals surface area contributed by atoms with E-state index in [4.69, 9.17) is 0 Å². The summed E-state index contributed by atoms with van der Waals surface area (Å²) >= 11 is 0. The number of aliphatic hydroxyl groups excluding tert-OH is 1. The van der Waals surface area contributed by atoms with Crippen molar-refractivity contribution in [3.05, 3.63) is 35.4 Å². The van der Waals surface area contributed by atoms with Crippen LogP contribution < -0.4 is 5.32 Å². The van der Waals surface area contributed by atoms with Crippen molar-refractivity contribution >= 4 is 5.91 Å². The Hall–Kier alpha value is -1.35. The molecule has 1 rings (SSSR count). The zero-order chi connectivity index (χ0) is 12.1. The summed E-state index contributed by atoms with van der Waals surface area (Å²) < 4.78 is 0. The molecular formula is C13H19NO2. The van der Waals surface area contributed by atoms with Gasteiger partial charge in [0.15, 0.2) is 0 Å². The molecule has 0 aromatic heterocycles. The Kier molecular flexibility index (Phi) is 4.50. The Morgan fingerprint density at radius 3 is 2.50 bits per heavy atom. The highest BCUT2D eigenvalue weighted by Crippen LogP contribution is 2.17. The number of aliphatic hydroxyl groups is 1. The Bertz CT molecular complexity index is 361.